The molecule has 0 N–H and O–H groups in total. The third kappa shape index (κ3) is 1.45. The first-order valence-electron chi connectivity index (χ1n) is 4.20. The molecule has 82 valence electrons. The second kappa shape index (κ2) is 3.06. The molecule has 0 bridgehead atoms. The van der Waals surface area contributed by atoms with Crippen LogP contribution >= 0.6 is 23.2 Å². The molecule has 1 aliphatic heterocycles. The van der Waals surface area contributed by atoms with Gasteiger partial charge in [-0.3, -0.25) is 0 Å². The molecule has 15 heavy (non-hydrogen) atoms. The van der Waals surface area contributed by atoms with Crippen LogP contribution in [0.5, 0.6) is 0 Å². The maximum Gasteiger partial charge on any atom is 0.224 e. The van der Waals surface area contributed by atoms with E-state index in [4.69, 9.17) is 23.2 Å². The van der Waals surface area contributed by atoms with Crippen LogP contribution in [0.3, 0.4) is 0 Å². The minimum Gasteiger partial charge on any atom is -0.228 e. The minimum atomic E-state index is -3.27. The highest BCUT2D eigenvalue weighted by Crippen LogP contribution is 2.42. The van der Waals surface area contributed by atoms with Gasteiger partial charge >= 0.3 is 0 Å². The van der Waals surface area contributed by atoms with Gasteiger partial charge in [0.25, 0.3) is 0 Å². The Morgan fingerprint density at radius 2 is 1.87 bits per heavy atom. The highest BCUT2D eigenvalue weighted by molar-refractivity contribution is 7.91. The summed E-state index contributed by atoms with van der Waals surface area (Å²) in [5.41, 5.74) is 0.874. The second-order valence-corrected chi connectivity index (χ2v) is 7.11. The van der Waals surface area contributed by atoms with Crippen LogP contribution in [0.4, 0.5) is 0 Å². The molecule has 4 nitrogen and oxygen atoms in total. The Balaban J connectivity index is 2.81. The van der Waals surface area contributed by atoms with Crippen LogP contribution in [0.15, 0.2) is 0 Å². The van der Waals surface area contributed by atoms with E-state index in [9.17, 15) is 8.42 Å². The average Bonchev–Trinajstić information content (AvgIpc) is 2.24. The van der Waals surface area contributed by atoms with Crippen molar-refractivity contribution in [1.82, 2.24) is 9.97 Å². The summed E-state index contributed by atoms with van der Waals surface area (Å²) in [6.07, 6.45) is 0. The van der Waals surface area contributed by atoms with Crippen LogP contribution in [0, 0.1) is 0 Å². The summed E-state index contributed by atoms with van der Waals surface area (Å²) in [5.74, 6) is -0.120. The van der Waals surface area contributed by atoms with Gasteiger partial charge in [0.1, 0.15) is 9.90 Å². The zero-order valence-corrected chi connectivity index (χ0v) is 10.4. The van der Waals surface area contributed by atoms with Gasteiger partial charge in [0.05, 0.1) is 11.4 Å². The molecule has 2 rings (SSSR count). The molecule has 0 amide bonds. The normalized spacial score (nSPS) is 21.3. The molecule has 0 saturated heterocycles. The van der Waals surface area contributed by atoms with E-state index in [2.05, 4.69) is 9.97 Å². The smallest absolute Gasteiger partial charge is 0.224 e. The molecule has 1 aromatic rings. The Labute approximate surface area is 97.6 Å². The van der Waals surface area contributed by atoms with Gasteiger partial charge in [0.2, 0.25) is 5.28 Å². The van der Waals surface area contributed by atoms with Crippen molar-refractivity contribution in [2.45, 2.75) is 24.3 Å². The standard InChI is InChI=1S/C8H8Cl2N2O2S/c1-8(2)5-4(3-15(8,13)14)6(9)12-7(10)11-5/h3H2,1-2H3. The van der Waals surface area contributed by atoms with Crippen molar-refractivity contribution in [3.8, 4) is 0 Å². The van der Waals surface area contributed by atoms with Crippen molar-refractivity contribution in [2.24, 2.45) is 0 Å². The maximum atomic E-state index is 11.8. The third-order valence-electron chi connectivity index (χ3n) is 2.61. The summed E-state index contributed by atoms with van der Waals surface area (Å²) in [6.45, 7) is 3.18. The lowest BCUT2D eigenvalue weighted by molar-refractivity contribution is 0.560. The van der Waals surface area contributed by atoms with Crippen LogP contribution in [0.1, 0.15) is 25.1 Å². The predicted octanol–water partition coefficient (Wildman–Crippen LogP) is 1.95. The van der Waals surface area contributed by atoms with Crippen molar-refractivity contribution in [1.29, 1.82) is 0 Å². The van der Waals surface area contributed by atoms with Gasteiger partial charge in [-0.25, -0.2) is 18.4 Å². The topological polar surface area (TPSA) is 59.9 Å². The first kappa shape index (κ1) is 11.1. The molecule has 0 atom stereocenters. The number of sulfone groups is 1. The molecule has 0 saturated carbocycles. The first-order valence-corrected chi connectivity index (χ1v) is 6.61. The van der Waals surface area contributed by atoms with Crippen LogP contribution < -0.4 is 0 Å². The molecule has 0 aromatic carbocycles. The quantitative estimate of drug-likeness (QED) is 0.532. The van der Waals surface area contributed by atoms with Crippen molar-refractivity contribution < 1.29 is 8.42 Å². The number of halogens is 2. The molecule has 1 aliphatic rings. The summed E-state index contributed by atoms with van der Waals surface area (Å²) in [4.78, 5) is 7.69. The predicted molar refractivity (Wildman–Crippen MR) is 57.7 cm³/mol. The van der Waals surface area contributed by atoms with E-state index >= 15 is 0 Å². The first-order chi connectivity index (χ1) is 6.75. The lowest BCUT2D eigenvalue weighted by Crippen LogP contribution is -2.24. The maximum absolute atomic E-state index is 11.8. The van der Waals surface area contributed by atoms with Crippen LogP contribution in [-0.4, -0.2) is 18.4 Å². The fourth-order valence-electron chi connectivity index (χ4n) is 1.57. The van der Waals surface area contributed by atoms with E-state index < -0.39 is 14.6 Å². The van der Waals surface area contributed by atoms with Gasteiger partial charge in [-0.05, 0) is 25.4 Å². The lowest BCUT2D eigenvalue weighted by atomic mass is 10.1. The number of aromatic nitrogens is 2. The van der Waals surface area contributed by atoms with E-state index in [0.29, 0.717) is 11.3 Å². The monoisotopic (exact) mass is 266 g/mol. The van der Waals surface area contributed by atoms with Crippen LogP contribution in [0.25, 0.3) is 0 Å². The van der Waals surface area contributed by atoms with Crippen LogP contribution in [-0.2, 0) is 20.3 Å². The van der Waals surface area contributed by atoms with Crippen molar-refractivity contribution in [3.63, 3.8) is 0 Å². The molecule has 0 radical (unpaired) electrons. The fraction of sp³-hybridized carbons (Fsp3) is 0.500. The highest BCUT2D eigenvalue weighted by atomic mass is 35.5. The van der Waals surface area contributed by atoms with Gasteiger partial charge < -0.3 is 0 Å². The Morgan fingerprint density at radius 3 is 2.47 bits per heavy atom. The van der Waals surface area contributed by atoms with Gasteiger partial charge in [-0.15, -0.1) is 0 Å². The zero-order chi connectivity index (χ0) is 11.4. The molecule has 0 unspecified atom stereocenters. The number of rotatable bonds is 0. The Bertz CT molecular complexity index is 540. The van der Waals surface area contributed by atoms with E-state index in [1.165, 1.54) is 0 Å². The van der Waals surface area contributed by atoms with Gasteiger partial charge in [0.15, 0.2) is 9.84 Å². The largest absolute Gasteiger partial charge is 0.228 e. The van der Waals surface area contributed by atoms with Crippen LogP contribution in [0.2, 0.25) is 10.4 Å². The van der Waals surface area contributed by atoms with E-state index in [0.717, 1.165) is 0 Å². The van der Waals surface area contributed by atoms with Gasteiger partial charge in [-0.2, -0.15) is 0 Å². The Morgan fingerprint density at radius 1 is 1.27 bits per heavy atom. The molecular weight excluding hydrogens is 259 g/mol. The summed E-state index contributed by atoms with van der Waals surface area (Å²) < 4.78 is 22.6. The number of hydrogen-bond donors (Lipinski definition) is 0. The third-order valence-corrected chi connectivity index (χ3v) is 5.51. The molecule has 1 aromatic heterocycles. The second-order valence-electron chi connectivity index (χ2n) is 3.88. The van der Waals surface area contributed by atoms with E-state index in [-0.39, 0.29) is 16.2 Å². The molecule has 0 fully saturated rings. The molecule has 0 aliphatic carbocycles. The van der Waals surface area contributed by atoms with Gasteiger partial charge in [-0.1, -0.05) is 11.6 Å². The van der Waals surface area contributed by atoms with E-state index in [1.807, 2.05) is 0 Å². The fourth-order valence-corrected chi connectivity index (χ4v) is 3.58. The van der Waals surface area contributed by atoms with Gasteiger partial charge in [0, 0.05) is 5.56 Å². The minimum absolute atomic E-state index is 0.0241. The van der Waals surface area contributed by atoms with Crippen molar-refractivity contribution in [3.05, 3.63) is 21.7 Å². The number of hydrogen-bond acceptors (Lipinski definition) is 4. The van der Waals surface area contributed by atoms with Crippen molar-refractivity contribution in [2.75, 3.05) is 0 Å². The molecule has 7 heteroatoms. The summed E-state index contributed by atoms with van der Waals surface area (Å²) in [6, 6.07) is 0. The number of fused-ring (bicyclic) bond motifs is 1. The van der Waals surface area contributed by atoms with Crippen molar-refractivity contribution >= 4 is 33.0 Å². The summed E-state index contributed by atoms with van der Waals surface area (Å²) in [5, 5.41) is 0.100. The average molecular weight is 267 g/mol. The summed E-state index contributed by atoms with van der Waals surface area (Å²) >= 11 is 11.5. The highest BCUT2D eigenvalue weighted by Gasteiger charge is 2.47. The zero-order valence-electron chi connectivity index (χ0n) is 8.08. The summed E-state index contributed by atoms with van der Waals surface area (Å²) in [7, 11) is -3.27. The Kier molecular flexibility index (Phi) is 2.26. The number of nitrogens with zero attached hydrogens (tertiary/aromatic N) is 2. The lowest BCUT2D eigenvalue weighted by Gasteiger charge is -2.16. The SMILES string of the molecule is CC1(C)c2nc(Cl)nc(Cl)c2CS1(=O)=O. The molecular formula is C8H8Cl2N2O2S. The van der Waals surface area contributed by atoms with E-state index in [1.54, 1.807) is 13.8 Å². The molecule has 2 heterocycles. The molecule has 0 spiro atoms. The Hall–Kier alpha value is -0.390.